The second kappa shape index (κ2) is 5.91. The lowest BCUT2D eigenvalue weighted by molar-refractivity contribution is 0.410. The molecular weight excluding hydrogens is 360 g/mol. The van der Waals surface area contributed by atoms with Gasteiger partial charge in [-0.1, -0.05) is 47.1 Å². The SMILES string of the molecule is Cl/C(=C\c1ccc(Br)s1)c1nc(-c2ccccc2)no1. The molecule has 1 aromatic carbocycles. The number of rotatable bonds is 3. The molecule has 100 valence electrons. The summed E-state index contributed by atoms with van der Waals surface area (Å²) in [5.74, 6) is 0.842. The molecule has 0 aliphatic rings. The molecular formula is C14H8BrClN2OS. The van der Waals surface area contributed by atoms with Crippen LogP contribution in [-0.4, -0.2) is 10.1 Å². The van der Waals surface area contributed by atoms with Crippen LogP contribution in [-0.2, 0) is 0 Å². The molecule has 0 aliphatic heterocycles. The molecule has 3 aromatic rings. The molecule has 0 unspecified atom stereocenters. The fourth-order valence-corrected chi connectivity index (χ4v) is 3.24. The normalized spacial score (nSPS) is 11.8. The summed E-state index contributed by atoms with van der Waals surface area (Å²) in [5, 5.41) is 4.36. The van der Waals surface area contributed by atoms with E-state index < -0.39 is 0 Å². The van der Waals surface area contributed by atoms with Gasteiger partial charge in [0.05, 0.1) is 3.79 Å². The fourth-order valence-electron chi connectivity index (χ4n) is 1.62. The van der Waals surface area contributed by atoms with Crippen molar-refractivity contribution in [3.63, 3.8) is 0 Å². The number of halogens is 2. The van der Waals surface area contributed by atoms with Crippen LogP contribution < -0.4 is 0 Å². The number of hydrogen-bond acceptors (Lipinski definition) is 4. The van der Waals surface area contributed by atoms with E-state index in [1.165, 1.54) is 0 Å². The molecule has 0 atom stereocenters. The summed E-state index contributed by atoms with van der Waals surface area (Å²) in [6.45, 7) is 0. The van der Waals surface area contributed by atoms with E-state index in [0.717, 1.165) is 14.2 Å². The Bertz CT molecular complexity index is 751. The Morgan fingerprint density at radius 1 is 1.20 bits per heavy atom. The lowest BCUT2D eigenvalue weighted by Crippen LogP contribution is -1.80. The molecule has 0 saturated heterocycles. The van der Waals surface area contributed by atoms with E-state index in [0.29, 0.717) is 16.7 Å². The van der Waals surface area contributed by atoms with Crippen molar-refractivity contribution in [2.24, 2.45) is 0 Å². The van der Waals surface area contributed by atoms with E-state index in [9.17, 15) is 0 Å². The van der Waals surface area contributed by atoms with E-state index in [1.807, 2.05) is 42.5 Å². The summed E-state index contributed by atoms with van der Waals surface area (Å²) in [6.07, 6.45) is 1.80. The Balaban J connectivity index is 1.88. The molecule has 0 N–H and O–H groups in total. The van der Waals surface area contributed by atoms with E-state index in [4.69, 9.17) is 16.1 Å². The van der Waals surface area contributed by atoms with Gasteiger partial charge in [-0.25, -0.2) is 0 Å². The second-order valence-electron chi connectivity index (χ2n) is 3.92. The van der Waals surface area contributed by atoms with Gasteiger partial charge in [0.15, 0.2) is 0 Å². The van der Waals surface area contributed by atoms with Gasteiger partial charge in [0.25, 0.3) is 5.89 Å². The topological polar surface area (TPSA) is 38.9 Å². The third kappa shape index (κ3) is 3.00. The maximum absolute atomic E-state index is 6.21. The quantitative estimate of drug-likeness (QED) is 0.630. The zero-order valence-corrected chi connectivity index (χ0v) is 13.2. The first-order valence-corrected chi connectivity index (χ1v) is 7.73. The van der Waals surface area contributed by atoms with E-state index in [-0.39, 0.29) is 0 Å². The predicted octanol–water partition coefficient (Wildman–Crippen LogP) is 5.30. The second-order valence-corrected chi connectivity index (χ2v) is 6.83. The molecule has 20 heavy (non-hydrogen) atoms. The van der Waals surface area contributed by atoms with E-state index in [1.54, 1.807) is 17.4 Å². The Kier molecular flexibility index (Phi) is 4.00. The molecule has 3 nitrogen and oxygen atoms in total. The smallest absolute Gasteiger partial charge is 0.269 e. The zero-order chi connectivity index (χ0) is 13.9. The monoisotopic (exact) mass is 366 g/mol. The van der Waals surface area contributed by atoms with Gasteiger partial charge in [-0.2, -0.15) is 4.98 Å². The van der Waals surface area contributed by atoms with Gasteiger partial charge in [0.1, 0.15) is 5.03 Å². The molecule has 6 heteroatoms. The highest BCUT2D eigenvalue weighted by atomic mass is 79.9. The molecule has 2 heterocycles. The van der Waals surface area contributed by atoms with Crippen molar-refractivity contribution in [2.45, 2.75) is 0 Å². The van der Waals surface area contributed by atoms with Crippen molar-refractivity contribution >= 4 is 50.0 Å². The van der Waals surface area contributed by atoms with Gasteiger partial charge in [0, 0.05) is 10.4 Å². The first kappa shape index (κ1) is 13.5. The van der Waals surface area contributed by atoms with Crippen molar-refractivity contribution < 1.29 is 4.52 Å². The average molecular weight is 368 g/mol. The number of benzene rings is 1. The molecule has 2 aromatic heterocycles. The highest BCUT2D eigenvalue weighted by Crippen LogP contribution is 2.28. The lowest BCUT2D eigenvalue weighted by atomic mass is 10.2. The summed E-state index contributed by atoms with van der Waals surface area (Å²) < 4.78 is 6.24. The minimum absolute atomic E-state index is 0.315. The summed E-state index contributed by atoms with van der Waals surface area (Å²) in [7, 11) is 0. The molecule has 0 fully saturated rings. The third-order valence-electron chi connectivity index (χ3n) is 2.53. The zero-order valence-electron chi connectivity index (χ0n) is 10.1. The van der Waals surface area contributed by atoms with Crippen molar-refractivity contribution in [1.82, 2.24) is 10.1 Å². The molecule has 0 spiro atoms. The van der Waals surface area contributed by atoms with Gasteiger partial charge in [-0.05, 0) is 34.1 Å². The summed E-state index contributed by atoms with van der Waals surface area (Å²) in [6, 6.07) is 13.5. The maximum atomic E-state index is 6.21. The number of nitrogens with zero attached hydrogens (tertiary/aromatic N) is 2. The van der Waals surface area contributed by atoms with E-state index in [2.05, 4.69) is 26.1 Å². The van der Waals surface area contributed by atoms with Gasteiger partial charge in [0.2, 0.25) is 5.82 Å². The summed E-state index contributed by atoms with van der Waals surface area (Å²) in [4.78, 5) is 5.31. The third-order valence-corrected chi connectivity index (χ3v) is 4.37. The van der Waals surface area contributed by atoms with Crippen molar-refractivity contribution in [1.29, 1.82) is 0 Å². The van der Waals surface area contributed by atoms with Crippen LogP contribution in [0.25, 0.3) is 22.5 Å². The van der Waals surface area contributed by atoms with Crippen LogP contribution in [0, 0.1) is 0 Å². The predicted molar refractivity (Wildman–Crippen MR) is 85.5 cm³/mol. The van der Waals surface area contributed by atoms with E-state index >= 15 is 0 Å². The highest BCUT2D eigenvalue weighted by molar-refractivity contribution is 9.11. The first-order valence-electron chi connectivity index (χ1n) is 5.74. The van der Waals surface area contributed by atoms with Crippen LogP contribution in [0.1, 0.15) is 10.8 Å². The van der Waals surface area contributed by atoms with Crippen molar-refractivity contribution in [2.75, 3.05) is 0 Å². The lowest BCUT2D eigenvalue weighted by Gasteiger charge is -1.91. The Morgan fingerprint density at radius 2 is 2.00 bits per heavy atom. The minimum atomic E-state index is 0.315. The molecule has 3 rings (SSSR count). The fraction of sp³-hybridized carbons (Fsp3) is 0. The van der Waals surface area contributed by atoms with Crippen LogP contribution in [0.15, 0.2) is 50.8 Å². The standard InChI is InChI=1S/C14H8BrClN2OS/c15-12-7-6-10(20-12)8-11(16)14-17-13(18-19-14)9-4-2-1-3-5-9/h1-8H/b11-8-. The molecule has 0 aliphatic carbocycles. The van der Waals surface area contributed by atoms with Crippen LogP contribution in [0.3, 0.4) is 0 Å². The van der Waals surface area contributed by atoms with Crippen LogP contribution in [0.5, 0.6) is 0 Å². The van der Waals surface area contributed by atoms with Crippen molar-refractivity contribution in [3.8, 4) is 11.4 Å². The number of thiophene rings is 1. The van der Waals surface area contributed by atoms with Gasteiger partial charge < -0.3 is 4.52 Å². The van der Waals surface area contributed by atoms with Crippen LogP contribution >= 0.6 is 38.9 Å². The number of aromatic nitrogens is 2. The minimum Gasteiger partial charge on any atom is -0.333 e. The van der Waals surface area contributed by atoms with Gasteiger partial charge in [-0.15, -0.1) is 11.3 Å². The summed E-state index contributed by atoms with van der Waals surface area (Å²) in [5.41, 5.74) is 0.894. The van der Waals surface area contributed by atoms with Gasteiger partial charge >= 0.3 is 0 Å². The molecule has 0 bridgehead atoms. The largest absolute Gasteiger partial charge is 0.333 e. The van der Waals surface area contributed by atoms with Crippen LogP contribution in [0.2, 0.25) is 0 Å². The van der Waals surface area contributed by atoms with Crippen molar-refractivity contribution in [3.05, 3.63) is 57.0 Å². The molecule has 0 amide bonds. The highest BCUT2D eigenvalue weighted by Gasteiger charge is 2.11. The Hall–Kier alpha value is -1.43. The first-order chi connectivity index (χ1) is 9.72. The molecule has 0 saturated carbocycles. The molecule has 0 radical (unpaired) electrons. The van der Waals surface area contributed by atoms with Gasteiger partial charge in [-0.3, -0.25) is 0 Å². The Labute approximate surface area is 133 Å². The summed E-state index contributed by atoms with van der Waals surface area (Å²) >= 11 is 11.2. The van der Waals surface area contributed by atoms with Crippen LogP contribution in [0.4, 0.5) is 0 Å². The maximum Gasteiger partial charge on any atom is 0.269 e. The average Bonchev–Trinajstić information content (AvgIpc) is 3.09. The Morgan fingerprint density at radius 3 is 2.70 bits per heavy atom. The number of hydrogen-bond donors (Lipinski definition) is 0.